The van der Waals surface area contributed by atoms with Gasteiger partial charge in [-0.05, 0) is 30.5 Å². The van der Waals surface area contributed by atoms with Crippen molar-refractivity contribution in [1.29, 1.82) is 0 Å². The molecule has 2 aromatic rings. The zero-order valence-electron chi connectivity index (χ0n) is 12.8. The summed E-state index contributed by atoms with van der Waals surface area (Å²) in [6.45, 7) is 5.21. The summed E-state index contributed by atoms with van der Waals surface area (Å²) in [6, 6.07) is 0. The lowest BCUT2D eigenvalue weighted by Crippen LogP contribution is -2.03. The van der Waals surface area contributed by atoms with Crippen LogP contribution < -0.4 is 5.73 Å². The average Bonchev–Trinajstić information content (AvgIpc) is 2.84. The van der Waals surface area contributed by atoms with Crippen LogP contribution in [0.25, 0.3) is 0 Å². The van der Waals surface area contributed by atoms with Crippen molar-refractivity contribution >= 4 is 17.4 Å². The van der Waals surface area contributed by atoms with Gasteiger partial charge < -0.3 is 10.3 Å². The SMILES string of the molecule is CC(C)c1nn(C)c(Sc2nnc3n2CCCCC3)c1N. The highest BCUT2D eigenvalue weighted by atomic mass is 32.2. The molecule has 3 heterocycles. The van der Waals surface area contributed by atoms with Crippen molar-refractivity contribution in [2.75, 3.05) is 5.73 Å². The fraction of sp³-hybridized carbons (Fsp3) is 0.643. The van der Waals surface area contributed by atoms with Crippen LogP contribution in [0.5, 0.6) is 0 Å². The van der Waals surface area contributed by atoms with Crippen LogP contribution in [0.2, 0.25) is 0 Å². The van der Waals surface area contributed by atoms with Crippen molar-refractivity contribution in [3.8, 4) is 0 Å². The molecule has 0 bridgehead atoms. The van der Waals surface area contributed by atoms with Gasteiger partial charge in [-0.25, -0.2) is 0 Å². The molecule has 2 aromatic heterocycles. The van der Waals surface area contributed by atoms with Gasteiger partial charge in [-0.3, -0.25) is 4.68 Å². The molecule has 21 heavy (non-hydrogen) atoms. The van der Waals surface area contributed by atoms with E-state index >= 15 is 0 Å². The summed E-state index contributed by atoms with van der Waals surface area (Å²) in [4.78, 5) is 0. The van der Waals surface area contributed by atoms with Gasteiger partial charge in [-0.2, -0.15) is 5.10 Å². The monoisotopic (exact) mass is 306 g/mol. The van der Waals surface area contributed by atoms with Gasteiger partial charge in [-0.15, -0.1) is 10.2 Å². The standard InChI is InChI=1S/C14H22N6S/c1-9(2)12-11(15)13(19(3)18-12)21-14-17-16-10-7-5-4-6-8-20(10)14/h9H,4-8,15H2,1-3H3. The summed E-state index contributed by atoms with van der Waals surface area (Å²) in [5.41, 5.74) is 7.99. The number of aryl methyl sites for hydroxylation is 2. The third-order valence-corrected chi connectivity index (χ3v) is 5.03. The number of nitrogens with zero attached hydrogens (tertiary/aromatic N) is 5. The largest absolute Gasteiger partial charge is 0.395 e. The third-order valence-electron chi connectivity index (χ3n) is 3.87. The molecule has 1 aliphatic rings. The highest BCUT2D eigenvalue weighted by molar-refractivity contribution is 7.99. The van der Waals surface area contributed by atoms with Crippen LogP contribution in [0.3, 0.4) is 0 Å². The van der Waals surface area contributed by atoms with Crippen LogP contribution in [-0.4, -0.2) is 24.5 Å². The Balaban J connectivity index is 1.93. The Kier molecular flexibility index (Phi) is 3.93. The maximum atomic E-state index is 6.27. The van der Waals surface area contributed by atoms with Gasteiger partial charge in [0.15, 0.2) is 5.16 Å². The Morgan fingerprint density at radius 3 is 2.71 bits per heavy atom. The van der Waals surface area contributed by atoms with Gasteiger partial charge in [0.2, 0.25) is 0 Å². The van der Waals surface area contributed by atoms with Gasteiger partial charge in [0.1, 0.15) is 10.9 Å². The van der Waals surface area contributed by atoms with Crippen LogP contribution in [0.4, 0.5) is 5.69 Å². The molecule has 0 spiro atoms. The highest BCUT2D eigenvalue weighted by Gasteiger charge is 2.21. The zero-order chi connectivity index (χ0) is 15.0. The van der Waals surface area contributed by atoms with Gasteiger partial charge in [0.05, 0.1) is 11.4 Å². The molecular weight excluding hydrogens is 284 g/mol. The van der Waals surface area contributed by atoms with Crippen molar-refractivity contribution < 1.29 is 0 Å². The van der Waals surface area contributed by atoms with E-state index in [2.05, 4.69) is 33.7 Å². The predicted molar refractivity (Wildman–Crippen MR) is 83.4 cm³/mol. The summed E-state index contributed by atoms with van der Waals surface area (Å²) in [5, 5.41) is 15.1. The number of rotatable bonds is 3. The number of hydrogen-bond acceptors (Lipinski definition) is 5. The summed E-state index contributed by atoms with van der Waals surface area (Å²) < 4.78 is 4.09. The van der Waals surface area contributed by atoms with Gasteiger partial charge >= 0.3 is 0 Å². The Morgan fingerprint density at radius 2 is 2.00 bits per heavy atom. The topological polar surface area (TPSA) is 74.5 Å². The van der Waals surface area contributed by atoms with E-state index in [0.717, 1.165) is 40.4 Å². The highest BCUT2D eigenvalue weighted by Crippen LogP contribution is 2.35. The Morgan fingerprint density at radius 1 is 1.19 bits per heavy atom. The van der Waals surface area contributed by atoms with Crippen molar-refractivity contribution in [2.45, 2.75) is 62.2 Å². The maximum Gasteiger partial charge on any atom is 0.197 e. The molecule has 0 aliphatic carbocycles. The lowest BCUT2D eigenvalue weighted by molar-refractivity contribution is 0.589. The lowest BCUT2D eigenvalue weighted by atomic mass is 10.1. The number of nitrogens with two attached hydrogens (primary N) is 1. The summed E-state index contributed by atoms with van der Waals surface area (Å²) in [6.07, 6.45) is 4.68. The van der Waals surface area contributed by atoms with Crippen LogP contribution in [-0.2, 0) is 20.0 Å². The molecule has 1 aliphatic heterocycles. The number of nitrogen functional groups attached to an aromatic ring is 1. The smallest absolute Gasteiger partial charge is 0.197 e. The zero-order valence-corrected chi connectivity index (χ0v) is 13.7. The first-order valence-corrected chi connectivity index (χ1v) is 8.32. The summed E-state index contributed by atoms with van der Waals surface area (Å²) in [7, 11) is 1.93. The van der Waals surface area contributed by atoms with E-state index < -0.39 is 0 Å². The Hall–Kier alpha value is -1.50. The molecule has 0 unspecified atom stereocenters. The molecule has 0 fully saturated rings. The van der Waals surface area contributed by atoms with Crippen molar-refractivity contribution in [1.82, 2.24) is 24.5 Å². The average molecular weight is 306 g/mol. The third kappa shape index (κ3) is 2.66. The molecule has 0 atom stereocenters. The maximum absolute atomic E-state index is 6.27. The molecule has 0 radical (unpaired) electrons. The first-order chi connectivity index (χ1) is 10.1. The fourth-order valence-corrected chi connectivity index (χ4v) is 3.66. The fourth-order valence-electron chi connectivity index (χ4n) is 2.71. The van der Waals surface area contributed by atoms with Gasteiger partial charge in [0.25, 0.3) is 0 Å². The molecule has 7 heteroatoms. The second kappa shape index (κ2) is 5.71. The van der Waals surface area contributed by atoms with Crippen molar-refractivity contribution in [3.05, 3.63) is 11.5 Å². The Bertz CT molecular complexity index is 642. The van der Waals surface area contributed by atoms with E-state index in [9.17, 15) is 0 Å². The normalized spacial score (nSPS) is 15.2. The first-order valence-electron chi connectivity index (χ1n) is 7.50. The molecule has 2 N–H and O–H groups in total. The van der Waals surface area contributed by atoms with E-state index in [-0.39, 0.29) is 0 Å². The second-order valence-electron chi connectivity index (χ2n) is 5.85. The molecule has 3 rings (SSSR count). The number of fused-ring (bicyclic) bond motifs is 1. The minimum absolute atomic E-state index is 0.320. The Labute approximate surface area is 129 Å². The van der Waals surface area contributed by atoms with Crippen molar-refractivity contribution in [2.24, 2.45) is 7.05 Å². The number of aromatic nitrogens is 5. The van der Waals surface area contributed by atoms with E-state index in [1.807, 2.05) is 11.7 Å². The predicted octanol–water partition coefficient (Wildman–Crippen LogP) is 2.59. The van der Waals surface area contributed by atoms with E-state index in [1.165, 1.54) is 19.3 Å². The summed E-state index contributed by atoms with van der Waals surface area (Å²) in [5.74, 6) is 1.42. The van der Waals surface area contributed by atoms with E-state index in [1.54, 1.807) is 11.8 Å². The van der Waals surface area contributed by atoms with Crippen molar-refractivity contribution in [3.63, 3.8) is 0 Å². The number of hydrogen-bond donors (Lipinski definition) is 1. The molecular formula is C14H22N6S. The van der Waals surface area contributed by atoms with E-state index in [0.29, 0.717) is 5.92 Å². The van der Waals surface area contributed by atoms with Gasteiger partial charge in [0, 0.05) is 20.0 Å². The molecule has 0 amide bonds. The second-order valence-corrected chi connectivity index (χ2v) is 6.80. The first kappa shape index (κ1) is 14.4. The molecule has 6 nitrogen and oxygen atoms in total. The van der Waals surface area contributed by atoms with Crippen LogP contribution in [0.1, 0.15) is 50.5 Å². The van der Waals surface area contributed by atoms with Crippen LogP contribution in [0.15, 0.2) is 10.2 Å². The minimum Gasteiger partial charge on any atom is -0.395 e. The minimum atomic E-state index is 0.320. The summed E-state index contributed by atoms with van der Waals surface area (Å²) >= 11 is 1.57. The van der Waals surface area contributed by atoms with E-state index in [4.69, 9.17) is 5.73 Å². The molecule has 114 valence electrons. The quantitative estimate of drug-likeness (QED) is 0.943. The number of anilines is 1. The van der Waals surface area contributed by atoms with Crippen LogP contribution >= 0.6 is 11.8 Å². The molecule has 0 saturated heterocycles. The van der Waals surface area contributed by atoms with Gasteiger partial charge in [-0.1, -0.05) is 20.3 Å². The van der Waals surface area contributed by atoms with Crippen LogP contribution in [0, 0.1) is 0 Å². The molecule has 0 aromatic carbocycles. The lowest BCUT2D eigenvalue weighted by Gasteiger charge is -2.07. The molecule has 0 saturated carbocycles.